The fourth-order valence-electron chi connectivity index (χ4n) is 3.23. The molecule has 1 aliphatic heterocycles. The summed E-state index contributed by atoms with van der Waals surface area (Å²) in [6.45, 7) is 0.991. The maximum atomic E-state index is 13.1. The van der Waals surface area contributed by atoms with Gasteiger partial charge in [-0.25, -0.2) is 9.78 Å². The van der Waals surface area contributed by atoms with Gasteiger partial charge in [-0.2, -0.15) is 13.2 Å². The molecular weight excluding hydrogens is 431 g/mol. The van der Waals surface area contributed by atoms with Gasteiger partial charge in [-0.1, -0.05) is 23.7 Å². The van der Waals surface area contributed by atoms with Gasteiger partial charge in [0.05, 0.1) is 27.7 Å². The molecule has 0 bridgehead atoms. The van der Waals surface area contributed by atoms with Gasteiger partial charge >= 0.3 is 12.2 Å². The highest BCUT2D eigenvalue weighted by atomic mass is 35.5. The van der Waals surface area contributed by atoms with Gasteiger partial charge in [-0.15, -0.1) is 0 Å². The van der Waals surface area contributed by atoms with E-state index >= 15 is 0 Å². The summed E-state index contributed by atoms with van der Waals surface area (Å²) in [5.41, 5.74) is 0.883. The molecule has 0 atom stereocenters. The van der Waals surface area contributed by atoms with Crippen molar-refractivity contribution in [3.8, 4) is 11.3 Å². The van der Waals surface area contributed by atoms with Gasteiger partial charge in [0.2, 0.25) is 0 Å². The van der Waals surface area contributed by atoms with Gasteiger partial charge in [0, 0.05) is 31.0 Å². The molecule has 1 aliphatic rings. The van der Waals surface area contributed by atoms with Gasteiger partial charge in [-0.05, 0) is 36.8 Å². The second-order valence-electron chi connectivity index (χ2n) is 6.86. The third-order valence-electron chi connectivity index (χ3n) is 4.75. The van der Waals surface area contributed by atoms with E-state index in [0.717, 1.165) is 12.1 Å². The number of carbonyl (C=O) groups excluding carboxylic acids is 1. The number of fused-ring (bicyclic) bond motifs is 1. The minimum absolute atomic E-state index is 0.287. The second-order valence-corrected chi connectivity index (χ2v) is 7.27. The van der Waals surface area contributed by atoms with Crippen molar-refractivity contribution < 1.29 is 18.0 Å². The summed E-state index contributed by atoms with van der Waals surface area (Å²) in [4.78, 5) is 22.8. The predicted molar refractivity (Wildman–Crippen MR) is 113 cm³/mol. The zero-order valence-electron chi connectivity index (χ0n) is 16.1. The number of aromatic nitrogens is 2. The molecular formula is C21H17ClF3N5O. The first kappa shape index (κ1) is 20.9. The molecule has 2 aromatic heterocycles. The van der Waals surface area contributed by atoms with Gasteiger partial charge in [-0.3, -0.25) is 9.88 Å². The molecule has 3 heterocycles. The van der Waals surface area contributed by atoms with Gasteiger partial charge in [0.1, 0.15) is 0 Å². The number of hydrogen-bond donors (Lipinski definition) is 2. The largest absolute Gasteiger partial charge is 0.416 e. The Labute approximate surface area is 181 Å². The van der Waals surface area contributed by atoms with Crippen LogP contribution in [0.25, 0.3) is 11.3 Å². The minimum atomic E-state index is -4.46. The van der Waals surface area contributed by atoms with E-state index in [9.17, 15) is 18.0 Å². The highest BCUT2D eigenvalue weighted by Gasteiger charge is 2.31. The highest BCUT2D eigenvalue weighted by Crippen LogP contribution is 2.34. The molecule has 0 saturated heterocycles. The molecule has 3 aromatic rings. The van der Waals surface area contributed by atoms with E-state index in [1.54, 1.807) is 24.3 Å². The van der Waals surface area contributed by atoms with E-state index < -0.39 is 17.8 Å². The smallest absolute Gasteiger partial charge is 0.382 e. The van der Waals surface area contributed by atoms with Crippen LogP contribution in [0.4, 0.5) is 35.2 Å². The molecule has 31 heavy (non-hydrogen) atoms. The van der Waals surface area contributed by atoms with Crippen LogP contribution in [-0.2, 0) is 6.18 Å². The summed E-state index contributed by atoms with van der Waals surface area (Å²) < 4.78 is 39.3. The molecule has 6 nitrogen and oxygen atoms in total. The zero-order chi connectivity index (χ0) is 22.0. The molecule has 0 unspecified atom stereocenters. The number of nitrogens with zero attached hydrogens (tertiary/aromatic N) is 3. The summed E-state index contributed by atoms with van der Waals surface area (Å²) in [5, 5.41) is 6.22. The molecule has 0 fully saturated rings. The van der Waals surface area contributed by atoms with Crippen LogP contribution in [0.2, 0.25) is 5.02 Å². The Hall–Kier alpha value is -3.33. The van der Waals surface area contributed by atoms with E-state index in [2.05, 4.69) is 20.6 Å². The Balaban J connectivity index is 1.70. The summed E-state index contributed by atoms with van der Waals surface area (Å²) in [7, 11) is 0. The van der Waals surface area contributed by atoms with Crippen molar-refractivity contribution in [2.45, 2.75) is 12.6 Å². The maximum Gasteiger partial charge on any atom is 0.416 e. The topological polar surface area (TPSA) is 70.2 Å². The molecule has 2 amide bonds. The van der Waals surface area contributed by atoms with E-state index in [4.69, 9.17) is 11.6 Å². The van der Waals surface area contributed by atoms with Crippen molar-refractivity contribution in [2.24, 2.45) is 0 Å². The molecule has 1 aromatic carbocycles. The second kappa shape index (κ2) is 8.43. The molecule has 0 saturated carbocycles. The van der Waals surface area contributed by atoms with Crippen molar-refractivity contribution in [3.05, 3.63) is 65.4 Å². The fraction of sp³-hybridized carbons (Fsp3) is 0.190. The van der Waals surface area contributed by atoms with Crippen LogP contribution in [0, 0.1) is 0 Å². The number of hydrogen-bond acceptors (Lipinski definition) is 4. The molecule has 10 heteroatoms. The number of anilines is 3. The van der Waals surface area contributed by atoms with Gasteiger partial charge < -0.3 is 10.6 Å². The SMILES string of the molecule is O=C(Nc1ccncc1Cl)N1CCCNc2ccc(-c3cccc(C(F)(F)F)c3)nc21. The lowest BCUT2D eigenvalue weighted by Gasteiger charge is -2.22. The highest BCUT2D eigenvalue weighted by molar-refractivity contribution is 6.33. The van der Waals surface area contributed by atoms with Crippen molar-refractivity contribution in [1.82, 2.24) is 9.97 Å². The monoisotopic (exact) mass is 447 g/mol. The van der Waals surface area contributed by atoms with E-state index in [-0.39, 0.29) is 5.02 Å². The third-order valence-corrected chi connectivity index (χ3v) is 5.05. The molecule has 0 aliphatic carbocycles. The first-order valence-electron chi connectivity index (χ1n) is 9.43. The van der Waals surface area contributed by atoms with Crippen molar-refractivity contribution >= 4 is 34.8 Å². The number of benzene rings is 1. The third kappa shape index (κ3) is 4.56. The Morgan fingerprint density at radius 1 is 1.19 bits per heavy atom. The van der Waals surface area contributed by atoms with E-state index in [1.165, 1.54) is 23.4 Å². The average Bonchev–Trinajstić information content (AvgIpc) is 2.97. The number of pyridine rings is 2. The lowest BCUT2D eigenvalue weighted by molar-refractivity contribution is -0.137. The Morgan fingerprint density at radius 2 is 2.03 bits per heavy atom. The number of amides is 2. The number of rotatable bonds is 2. The average molecular weight is 448 g/mol. The lowest BCUT2D eigenvalue weighted by Crippen LogP contribution is -2.36. The molecule has 0 spiro atoms. The number of halogens is 4. The summed E-state index contributed by atoms with van der Waals surface area (Å²) in [6.07, 6.45) is -0.881. The number of urea groups is 1. The minimum Gasteiger partial charge on any atom is -0.382 e. The normalized spacial score (nSPS) is 13.7. The Bertz CT molecular complexity index is 1120. The molecule has 160 valence electrons. The molecule has 0 radical (unpaired) electrons. The van der Waals surface area contributed by atoms with Crippen LogP contribution in [-0.4, -0.2) is 29.1 Å². The summed E-state index contributed by atoms with van der Waals surface area (Å²) >= 11 is 6.08. The van der Waals surface area contributed by atoms with Crippen molar-refractivity contribution in [2.75, 3.05) is 28.6 Å². The van der Waals surface area contributed by atoms with E-state index in [0.29, 0.717) is 48.0 Å². The number of carbonyl (C=O) groups is 1. The quantitative estimate of drug-likeness (QED) is 0.531. The van der Waals surface area contributed by atoms with Crippen molar-refractivity contribution in [3.63, 3.8) is 0 Å². The number of nitrogens with one attached hydrogen (secondary N) is 2. The van der Waals surface area contributed by atoms with E-state index in [1.807, 2.05) is 0 Å². The summed E-state index contributed by atoms with van der Waals surface area (Å²) in [6, 6.07) is 9.39. The number of alkyl halides is 3. The lowest BCUT2D eigenvalue weighted by atomic mass is 10.1. The Kier molecular flexibility index (Phi) is 5.69. The molecule has 2 N–H and O–H groups in total. The zero-order valence-corrected chi connectivity index (χ0v) is 16.8. The first-order valence-corrected chi connectivity index (χ1v) is 9.81. The predicted octanol–water partition coefficient (Wildman–Crippen LogP) is 5.67. The van der Waals surface area contributed by atoms with Gasteiger partial charge in [0.25, 0.3) is 0 Å². The maximum absolute atomic E-state index is 13.1. The van der Waals surface area contributed by atoms with Crippen molar-refractivity contribution in [1.29, 1.82) is 0 Å². The van der Waals surface area contributed by atoms with Crippen LogP contribution in [0.1, 0.15) is 12.0 Å². The standard InChI is InChI=1S/C21H17ClF3N5O/c22-15-12-26-9-7-17(15)29-20(31)30-10-2-8-27-18-6-5-16(28-19(18)30)13-3-1-4-14(11-13)21(23,24)25/h1,3-7,9,11-12,27H,2,8,10H2,(H,26,29,31). The van der Waals surface area contributed by atoms with Crippen LogP contribution >= 0.6 is 11.6 Å². The molecule has 4 rings (SSSR count). The summed E-state index contributed by atoms with van der Waals surface area (Å²) in [5.74, 6) is 0.329. The van der Waals surface area contributed by atoms with Crippen LogP contribution in [0.3, 0.4) is 0 Å². The van der Waals surface area contributed by atoms with Crippen LogP contribution < -0.4 is 15.5 Å². The fourth-order valence-corrected chi connectivity index (χ4v) is 3.40. The Morgan fingerprint density at radius 3 is 2.81 bits per heavy atom. The van der Waals surface area contributed by atoms with Crippen LogP contribution in [0.5, 0.6) is 0 Å². The first-order chi connectivity index (χ1) is 14.8. The van der Waals surface area contributed by atoms with Gasteiger partial charge in [0.15, 0.2) is 5.82 Å². The van der Waals surface area contributed by atoms with Crippen LogP contribution in [0.15, 0.2) is 54.9 Å².